The van der Waals surface area contributed by atoms with Crippen LogP contribution in [0.2, 0.25) is 5.02 Å². The minimum Gasteiger partial charge on any atom is -0.624 e. The molecule has 0 saturated carbocycles. The van der Waals surface area contributed by atoms with Crippen LogP contribution in [0.5, 0.6) is 5.75 Å². The topological polar surface area (TPSA) is 264 Å². The zero-order chi connectivity index (χ0) is 49.7. The summed E-state index contributed by atoms with van der Waals surface area (Å²) in [4.78, 5) is 75.7. The molecular formula is C48H52ClN7O12S2. The molecule has 5 heterocycles. The first-order chi connectivity index (χ1) is 33.5. The number of allylic oxidation sites excluding steroid dienone is 3. The van der Waals surface area contributed by atoms with Crippen molar-refractivity contribution in [1.29, 1.82) is 0 Å². The number of nitrogens with zero attached hydrogens (tertiary/aromatic N) is 3. The minimum atomic E-state index is -3.62. The van der Waals surface area contributed by atoms with Crippen LogP contribution >= 0.6 is 22.9 Å². The number of nitrogens with one attached hydrogen (secondary N) is 4. The maximum Gasteiger partial charge on any atom is 0.349 e. The van der Waals surface area contributed by atoms with Gasteiger partial charge in [0.2, 0.25) is 21.8 Å². The summed E-state index contributed by atoms with van der Waals surface area (Å²) >= 11 is 7.32. The number of amides is 4. The number of carboxylic acids is 2. The van der Waals surface area contributed by atoms with Gasteiger partial charge in [0.25, 0.3) is 5.91 Å². The molecule has 19 nitrogen and oxygen atoms in total. The molecule has 8 rings (SSSR count). The van der Waals surface area contributed by atoms with Crippen LogP contribution in [0.3, 0.4) is 0 Å². The Balaban J connectivity index is 0.741. The second-order valence-electron chi connectivity index (χ2n) is 17.9. The van der Waals surface area contributed by atoms with Crippen LogP contribution in [0.15, 0.2) is 71.8 Å². The van der Waals surface area contributed by atoms with Crippen molar-refractivity contribution in [3.05, 3.63) is 108 Å². The molecule has 2 unspecified atom stereocenters. The van der Waals surface area contributed by atoms with Crippen molar-refractivity contribution in [3.63, 3.8) is 0 Å². The van der Waals surface area contributed by atoms with Crippen LogP contribution in [0.1, 0.15) is 87.4 Å². The third-order valence-corrected chi connectivity index (χ3v) is 16.7. The van der Waals surface area contributed by atoms with Crippen molar-refractivity contribution >= 4 is 85.5 Å². The lowest BCUT2D eigenvalue weighted by Crippen LogP contribution is -2.60. The largest absolute Gasteiger partial charge is 0.624 e. The lowest BCUT2D eigenvalue weighted by atomic mass is 9.92. The maximum absolute atomic E-state index is 13.8. The number of aromatic carboxylic acids is 1. The lowest BCUT2D eigenvalue weighted by Gasteiger charge is -2.42. The number of quaternary nitrogens is 1. The summed E-state index contributed by atoms with van der Waals surface area (Å²) in [7, 11) is -3.62. The fourth-order valence-corrected chi connectivity index (χ4v) is 12.5. The number of hydroxylamine groups is 3. The predicted molar refractivity (Wildman–Crippen MR) is 259 cm³/mol. The molecule has 0 bridgehead atoms. The molecule has 2 atom stereocenters. The van der Waals surface area contributed by atoms with Gasteiger partial charge in [0.05, 0.1) is 28.6 Å². The van der Waals surface area contributed by atoms with E-state index in [1.165, 1.54) is 4.31 Å². The normalized spacial score (nSPS) is 20.9. The number of hydrogen-bond donors (Lipinski definition) is 6. The van der Waals surface area contributed by atoms with E-state index in [2.05, 4.69) is 32.7 Å². The second kappa shape index (κ2) is 21.4. The monoisotopic (exact) mass is 1020 g/mol. The fraction of sp³-hybridized carbons (Fsp3) is 0.417. The van der Waals surface area contributed by atoms with E-state index in [1.807, 2.05) is 18.2 Å². The molecule has 6 N–H and O–H groups in total. The number of sulfonamides is 1. The summed E-state index contributed by atoms with van der Waals surface area (Å²) in [6, 6.07) is 11.1. The van der Waals surface area contributed by atoms with Gasteiger partial charge >= 0.3 is 17.8 Å². The third-order valence-electron chi connectivity index (χ3n) is 13.2. The molecular weight excluding hydrogens is 966 g/mol. The molecule has 5 aliphatic rings. The Kier molecular flexibility index (Phi) is 15.3. The van der Waals surface area contributed by atoms with Crippen LogP contribution in [-0.2, 0) is 41.5 Å². The smallest absolute Gasteiger partial charge is 0.349 e. The quantitative estimate of drug-likeness (QED) is 0.0302. The highest BCUT2D eigenvalue weighted by Gasteiger charge is 2.50. The molecule has 4 aliphatic heterocycles. The summed E-state index contributed by atoms with van der Waals surface area (Å²) < 4.78 is 32.5. The third kappa shape index (κ3) is 11.3. The van der Waals surface area contributed by atoms with Crippen molar-refractivity contribution < 1.29 is 56.8 Å². The Hall–Kier alpha value is -6.28. The number of ether oxygens (including phenoxy) is 1. The number of anilines is 2. The van der Waals surface area contributed by atoms with Crippen LogP contribution < -0.4 is 26.0 Å². The Morgan fingerprint density at radius 2 is 1.76 bits per heavy atom. The zero-order valence-corrected chi connectivity index (χ0v) is 40.4. The van der Waals surface area contributed by atoms with Gasteiger partial charge in [0.1, 0.15) is 17.1 Å². The lowest BCUT2D eigenvalue weighted by molar-refractivity contribution is -0.825. The number of benzene rings is 2. The number of rotatable bonds is 19. The van der Waals surface area contributed by atoms with Crippen LogP contribution in [0.4, 0.5) is 11.4 Å². The van der Waals surface area contributed by atoms with E-state index in [4.69, 9.17) is 21.4 Å². The molecule has 3 fully saturated rings. The molecule has 70 heavy (non-hydrogen) atoms. The number of carbonyl (C=O) groups excluding carboxylic acids is 4. The fourth-order valence-electron chi connectivity index (χ4n) is 9.54. The summed E-state index contributed by atoms with van der Waals surface area (Å²) in [5.41, 5.74) is 9.51. The van der Waals surface area contributed by atoms with E-state index in [9.17, 15) is 47.5 Å². The number of hydrogen-bond acceptors (Lipinski definition) is 14. The van der Waals surface area contributed by atoms with E-state index in [0.717, 1.165) is 42.7 Å². The summed E-state index contributed by atoms with van der Waals surface area (Å²) in [6.45, 7) is 1.46. The summed E-state index contributed by atoms with van der Waals surface area (Å²) in [5, 5.41) is 44.5. The Bertz CT molecular complexity index is 2860. The Morgan fingerprint density at radius 1 is 1.00 bits per heavy atom. The van der Waals surface area contributed by atoms with Crippen LogP contribution in [0, 0.1) is 11.1 Å². The van der Waals surface area contributed by atoms with Gasteiger partial charge in [-0.15, -0.1) is 11.3 Å². The predicted octanol–water partition coefficient (Wildman–Crippen LogP) is 5.05. The van der Waals surface area contributed by atoms with Gasteiger partial charge in [-0.1, -0.05) is 41.6 Å². The molecule has 3 aromatic rings. The number of likely N-dealkylation sites (tertiary alicyclic amines) is 1. The second-order valence-corrected chi connectivity index (χ2v) is 21.3. The molecule has 22 heteroatoms. The van der Waals surface area contributed by atoms with E-state index < -0.39 is 57.0 Å². The maximum atomic E-state index is 13.8. The number of piperidine rings is 3. The van der Waals surface area contributed by atoms with Crippen molar-refractivity contribution in [2.75, 3.05) is 56.5 Å². The van der Waals surface area contributed by atoms with Gasteiger partial charge in [0.15, 0.2) is 23.3 Å². The summed E-state index contributed by atoms with van der Waals surface area (Å²) in [5.74, 6) is -4.61. The molecule has 3 saturated heterocycles. The molecule has 0 radical (unpaired) electrons. The average Bonchev–Trinajstić information content (AvgIpc) is 3.81. The van der Waals surface area contributed by atoms with E-state index >= 15 is 0 Å². The summed E-state index contributed by atoms with van der Waals surface area (Å²) in [6.07, 6.45) is 7.87. The number of aliphatic carboxylic acids is 1. The van der Waals surface area contributed by atoms with Crippen LogP contribution in [0.25, 0.3) is 5.57 Å². The van der Waals surface area contributed by atoms with E-state index in [1.54, 1.807) is 41.3 Å². The SMILES string of the molecule is O=C(O)COc1c(C(=O)O)sc(C2=CC(NC3CCN(S(=O)(=O)Cc4cccc(NCCCC5CCN(C(=O)CNc6cccc7c6C(=O)[N+]([O-])(C6CCC(=O)NC6=O)C7)CC5)c4)CC3)=C=C=C2)c1Cl. The zero-order valence-electron chi connectivity index (χ0n) is 38.0. The number of imide groups is 1. The average molecular weight is 1020 g/mol. The molecule has 0 spiro atoms. The highest BCUT2D eigenvalue weighted by atomic mass is 35.5. The molecule has 370 valence electrons. The van der Waals surface area contributed by atoms with Gasteiger partial charge in [-0.2, -0.15) is 0 Å². The number of halogens is 1. The highest BCUT2D eigenvalue weighted by molar-refractivity contribution is 7.88. The van der Waals surface area contributed by atoms with Gasteiger partial charge < -0.3 is 41.0 Å². The molecule has 4 amide bonds. The van der Waals surface area contributed by atoms with Crippen molar-refractivity contribution in [1.82, 2.24) is 19.8 Å². The highest BCUT2D eigenvalue weighted by Crippen LogP contribution is 2.44. The van der Waals surface area contributed by atoms with Gasteiger partial charge in [-0.3, -0.25) is 24.3 Å². The minimum absolute atomic E-state index is 0.00913. The van der Waals surface area contributed by atoms with E-state index in [0.29, 0.717) is 84.4 Å². The first kappa shape index (κ1) is 50.1. The number of carboxylic acid groups (broad SMARTS) is 2. The van der Waals surface area contributed by atoms with Crippen molar-refractivity contribution in [2.24, 2.45) is 5.92 Å². The van der Waals surface area contributed by atoms with Gasteiger partial charge in [-0.25, -0.2) is 27.1 Å². The van der Waals surface area contributed by atoms with Crippen molar-refractivity contribution in [3.8, 4) is 5.75 Å². The van der Waals surface area contributed by atoms with Gasteiger partial charge in [0, 0.05) is 68.4 Å². The Labute approximate surface area is 412 Å². The number of thiophene rings is 1. The number of carbonyl (C=O) groups is 6. The van der Waals surface area contributed by atoms with Gasteiger partial charge in [-0.05, 0) is 86.1 Å². The number of fused-ring (bicyclic) bond motifs is 1. The Morgan fingerprint density at radius 3 is 2.49 bits per heavy atom. The first-order valence-electron chi connectivity index (χ1n) is 23.0. The molecule has 1 aliphatic carbocycles. The van der Waals surface area contributed by atoms with Crippen molar-refractivity contribution in [2.45, 2.75) is 75.7 Å². The van der Waals surface area contributed by atoms with Crippen LogP contribution in [-0.4, -0.2) is 126 Å². The molecule has 1 aromatic heterocycles. The standard InChI is InChI=1S/C48H52ClN7O12S2/c49-42-43(68-27-40(59)60)45(48(63)64)69-44(42)31-7-2-10-35(24-31)52-33-16-21-55(22-17-33)70(66,67)28-30-5-1-9-34(23-30)50-18-4-6-29-14-19-54(20-15-29)39(58)25-51-36-11-3-8-32-26-56(65,47(62)41(32)36)37-12-13-38(57)53-46(37)61/h1,3,5,7-9,11,23-24,29,33,37,50-52H,4,6,12-22,25-28H2,(H,59,60)(H,63,64)(H,53,57,61). The first-order valence-corrected chi connectivity index (χ1v) is 25.8. The molecule has 2 aromatic carbocycles. The van der Waals surface area contributed by atoms with E-state index in [-0.39, 0.29) is 64.8 Å².